The summed E-state index contributed by atoms with van der Waals surface area (Å²) >= 11 is 24.0. The third-order valence-corrected chi connectivity index (χ3v) is 11.3. The number of amides is 4. The van der Waals surface area contributed by atoms with E-state index in [1.54, 1.807) is 24.3 Å². The molecule has 2 saturated heterocycles. The molecular weight excluding hydrogens is 659 g/mol. The Morgan fingerprint density at radius 1 is 1.05 bits per heavy atom. The van der Waals surface area contributed by atoms with Gasteiger partial charge in [-0.05, 0) is 49.4 Å². The number of benzene rings is 2. The van der Waals surface area contributed by atoms with Crippen LogP contribution in [0.5, 0.6) is 11.5 Å². The van der Waals surface area contributed by atoms with Gasteiger partial charge in [0.15, 0.2) is 9.75 Å². The number of carbonyl (C=O) groups excluding carboxylic acids is 4. The van der Waals surface area contributed by atoms with Crippen LogP contribution in [0.3, 0.4) is 0 Å². The number of aryl methyl sites for hydroxylation is 1. The Bertz CT molecular complexity index is 1580. The van der Waals surface area contributed by atoms with Crippen molar-refractivity contribution >= 4 is 80.0 Å². The first kappa shape index (κ1) is 28.5. The van der Waals surface area contributed by atoms with Gasteiger partial charge >= 0.3 is 0 Å². The van der Waals surface area contributed by atoms with Crippen molar-refractivity contribution in [3.8, 4) is 11.5 Å². The number of nitrogens with zero attached hydrogens (tertiary/aromatic N) is 2. The Labute approximate surface area is 259 Å². The molecule has 4 amide bonds. The number of phenols is 1. The van der Waals surface area contributed by atoms with Gasteiger partial charge in [-0.1, -0.05) is 51.3 Å². The monoisotopic (exact) mass is 680 g/mol. The molecule has 6 atom stereocenters. The first-order valence-electron chi connectivity index (χ1n) is 12.9. The molecular formula is C29H24BrCl3N2O6. The second-order valence-corrected chi connectivity index (χ2v) is 13.0. The van der Waals surface area contributed by atoms with Crippen LogP contribution in [-0.4, -0.2) is 55.9 Å². The lowest BCUT2D eigenvalue weighted by atomic mass is 9.56. The van der Waals surface area contributed by atoms with Crippen LogP contribution in [0, 0.1) is 24.7 Å². The summed E-state index contributed by atoms with van der Waals surface area (Å²) in [5.74, 6) is -5.20. The first-order chi connectivity index (χ1) is 19.4. The maximum Gasteiger partial charge on any atom is 0.254 e. The van der Waals surface area contributed by atoms with Crippen LogP contribution >= 0.6 is 50.7 Å². The molecule has 0 radical (unpaired) electrons. The molecule has 1 saturated carbocycles. The Morgan fingerprint density at radius 2 is 1.78 bits per heavy atom. The highest BCUT2D eigenvalue weighted by Crippen LogP contribution is 2.66. The summed E-state index contributed by atoms with van der Waals surface area (Å²) in [7, 11) is 1.41. The summed E-state index contributed by atoms with van der Waals surface area (Å²) in [6.07, 6.45) is 1.94. The summed E-state index contributed by atoms with van der Waals surface area (Å²) in [6, 6.07) is 9.40. The second kappa shape index (κ2) is 9.73. The van der Waals surface area contributed by atoms with Crippen molar-refractivity contribution in [2.24, 2.45) is 17.8 Å². The molecule has 6 unspecified atom stereocenters. The minimum absolute atomic E-state index is 0.0729. The largest absolute Gasteiger partial charge is 0.508 e. The van der Waals surface area contributed by atoms with Gasteiger partial charge < -0.3 is 9.84 Å². The van der Waals surface area contributed by atoms with Gasteiger partial charge in [0.05, 0.1) is 30.1 Å². The average Bonchev–Trinajstić information content (AvgIpc) is 3.28. The highest BCUT2D eigenvalue weighted by atomic mass is 79.9. The molecule has 2 aromatic carbocycles. The maximum absolute atomic E-state index is 14.1. The zero-order valence-corrected chi connectivity index (χ0v) is 25.7. The van der Waals surface area contributed by atoms with Gasteiger partial charge in [0, 0.05) is 22.6 Å². The van der Waals surface area contributed by atoms with Gasteiger partial charge in [-0.25, -0.2) is 4.90 Å². The van der Waals surface area contributed by atoms with E-state index >= 15 is 0 Å². The number of imide groups is 2. The van der Waals surface area contributed by atoms with Gasteiger partial charge in [-0.2, -0.15) is 0 Å². The van der Waals surface area contributed by atoms with Crippen molar-refractivity contribution in [1.29, 1.82) is 0 Å². The third kappa shape index (κ3) is 3.71. The Kier molecular flexibility index (Phi) is 6.77. The fourth-order valence-corrected chi connectivity index (χ4v) is 8.60. The van der Waals surface area contributed by atoms with Crippen LogP contribution < -0.4 is 9.64 Å². The molecule has 0 aromatic heterocycles. The molecule has 1 N–H and O–H groups in total. The number of fused-ring (bicyclic) bond motifs is 4. The van der Waals surface area contributed by atoms with Crippen LogP contribution in [0.1, 0.15) is 29.9 Å². The van der Waals surface area contributed by atoms with Crippen LogP contribution in [-0.2, 0) is 19.2 Å². The van der Waals surface area contributed by atoms with Gasteiger partial charge in [0.2, 0.25) is 11.8 Å². The fraction of sp³-hybridized carbons (Fsp3) is 0.379. The molecule has 2 aliphatic carbocycles. The number of alkyl halides is 3. The highest BCUT2D eigenvalue weighted by molar-refractivity contribution is 9.09. The van der Waals surface area contributed by atoms with Crippen molar-refractivity contribution < 1.29 is 29.0 Å². The minimum Gasteiger partial charge on any atom is -0.508 e. The number of aromatic hydroxyl groups is 1. The number of allylic oxidation sites excluding steroid dienone is 2. The van der Waals surface area contributed by atoms with E-state index in [1.807, 2.05) is 13.0 Å². The SMILES string of the molecule is COc1cc(O)ccc1C1C2=CCC3C(=O)N(c4ccc(C)c(Cl)c4)C(=O)C3C2CC2(Cl)C(=O)N(CBr)C(=O)C12Cl. The summed E-state index contributed by atoms with van der Waals surface area (Å²) in [5.41, 5.74) is 2.10. The smallest absolute Gasteiger partial charge is 0.254 e. The summed E-state index contributed by atoms with van der Waals surface area (Å²) in [6.45, 7) is 1.82. The third-order valence-electron chi connectivity index (χ3n) is 8.96. The number of methoxy groups -OCH3 is 1. The van der Waals surface area contributed by atoms with Crippen LogP contribution in [0.2, 0.25) is 5.02 Å². The van der Waals surface area contributed by atoms with Gasteiger partial charge in [-0.3, -0.25) is 24.1 Å². The predicted octanol–water partition coefficient (Wildman–Crippen LogP) is 5.28. The van der Waals surface area contributed by atoms with E-state index in [-0.39, 0.29) is 35.7 Å². The Morgan fingerprint density at radius 3 is 2.44 bits per heavy atom. The summed E-state index contributed by atoms with van der Waals surface area (Å²) in [4.78, 5) is 53.6. The van der Waals surface area contributed by atoms with E-state index in [2.05, 4.69) is 15.9 Å². The molecule has 214 valence electrons. The van der Waals surface area contributed by atoms with E-state index in [9.17, 15) is 24.3 Å². The van der Waals surface area contributed by atoms with Crippen molar-refractivity contribution in [2.75, 3.05) is 17.5 Å². The van der Waals surface area contributed by atoms with Gasteiger partial charge in [0.1, 0.15) is 11.5 Å². The number of halogens is 4. The number of carbonyl (C=O) groups is 4. The molecule has 2 heterocycles. The zero-order chi connectivity index (χ0) is 29.6. The van der Waals surface area contributed by atoms with Gasteiger partial charge in [0.25, 0.3) is 11.8 Å². The molecule has 2 aliphatic heterocycles. The fourth-order valence-electron chi connectivity index (χ4n) is 7.01. The lowest BCUT2D eigenvalue weighted by Crippen LogP contribution is -2.60. The first-order valence-corrected chi connectivity index (χ1v) is 15.2. The number of hydrogen-bond donors (Lipinski definition) is 1. The second-order valence-electron chi connectivity index (χ2n) is 10.9. The number of anilines is 1. The lowest BCUT2D eigenvalue weighted by Gasteiger charge is -2.50. The van der Waals surface area contributed by atoms with Crippen LogP contribution in [0.25, 0.3) is 0 Å². The van der Waals surface area contributed by atoms with Crippen molar-refractivity contribution in [2.45, 2.75) is 35.4 Å². The molecule has 6 rings (SSSR count). The molecule has 8 nitrogen and oxygen atoms in total. The van der Waals surface area contributed by atoms with Crippen molar-refractivity contribution in [3.63, 3.8) is 0 Å². The topological polar surface area (TPSA) is 104 Å². The molecule has 0 bridgehead atoms. The standard InChI is InChI=1S/C29H24BrCl3N2O6/c1-13-3-4-14(9-20(13)31)35-24(37)18-8-7-16-19(22(18)25(35)38)11-28(32)26(39)34(12-30)27(40)29(28,33)23(16)17-6-5-15(36)10-21(17)41-2/h3-7,9-10,18-19,22-23,36H,8,11-12H2,1-2H3. The zero-order valence-electron chi connectivity index (χ0n) is 21.9. The van der Waals surface area contributed by atoms with E-state index in [0.717, 1.165) is 15.4 Å². The minimum atomic E-state index is -1.96. The van der Waals surface area contributed by atoms with Crippen LogP contribution in [0.4, 0.5) is 5.69 Å². The van der Waals surface area contributed by atoms with Crippen molar-refractivity contribution in [3.05, 3.63) is 64.2 Å². The quantitative estimate of drug-likeness (QED) is 0.204. The number of phenolic OH excluding ortho intramolecular Hbond substituents is 1. The number of likely N-dealkylation sites (tertiary alicyclic amines) is 1. The Hall–Kier alpha value is -2.59. The Balaban J connectivity index is 1.53. The van der Waals surface area contributed by atoms with E-state index < -0.39 is 51.1 Å². The van der Waals surface area contributed by atoms with Crippen molar-refractivity contribution in [1.82, 2.24) is 4.90 Å². The maximum atomic E-state index is 14.1. The molecule has 41 heavy (non-hydrogen) atoms. The molecule has 4 aliphatic rings. The number of hydrogen-bond acceptors (Lipinski definition) is 6. The number of rotatable bonds is 4. The molecule has 0 spiro atoms. The lowest BCUT2D eigenvalue weighted by molar-refractivity contribution is -0.138. The highest BCUT2D eigenvalue weighted by Gasteiger charge is 2.76. The predicted molar refractivity (Wildman–Crippen MR) is 157 cm³/mol. The summed E-state index contributed by atoms with van der Waals surface area (Å²) in [5, 5.41) is 10.6. The molecule has 2 aromatic rings. The van der Waals surface area contributed by atoms with Gasteiger partial charge in [-0.15, -0.1) is 23.2 Å². The van der Waals surface area contributed by atoms with Crippen LogP contribution in [0.15, 0.2) is 48.0 Å². The molecule has 12 heteroatoms. The number of ether oxygens (including phenoxy) is 1. The molecule has 3 fully saturated rings. The van der Waals surface area contributed by atoms with E-state index in [0.29, 0.717) is 21.8 Å². The normalized spacial score (nSPS) is 32.6. The van der Waals surface area contributed by atoms with E-state index in [1.165, 1.54) is 19.2 Å². The average molecular weight is 683 g/mol. The van der Waals surface area contributed by atoms with E-state index in [4.69, 9.17) is 39.5 Å². The summed E-state index contributed by atoms with van der Waals surface area (Å²) < 4.78 is 5.57.